The number of halogens is 1. The first-order valence-corrected chi connectivity index (χ1v) is 10.4. The van der Waals surface area contributed by atoms with Crippen molar-refractivity contribution in [2.75, 3.05) is 7.11 Å². The van der Waals surface area contributed by atoms with Crippen LogP contribution in [0.5, 0.6) is 5.75 Å². The molecule has 2 aromatic carbocycles. The van der Waals surface area contributed by atoms with E-state index in [1.54, 1.807) is 6.92 Å². The Kier molecular flexibility index (Phi) is 8.60. The van der Waals surface area contributed by atoms with E-state index >= 15 is 0 Å². The number of ether oxygens (including phenoxy) is 2. The number of hydrogen-bond acceptors (Lipinski definition) is 3. The number of rotatable bonds is 5. The van der Waals surface area contributed by atoms with Gasteiger partial charge in [-0.1, -0.05) is 53.9 Å². The molecule has 1 aliphatic carbocycles. The molecule has 0 N–H and O–H groups in total. The Morgan fingerprint density at radius 2 is 1.93 bits per heavy atom. The Labute approximate surface area is 176 Å². The summed E-state index contributed by atoms with van der Waals surface area (Å²) in [5.74, 6) is 6.38. The van der Waals surface area contributed by atoms with Crippen LogP contribution in [0, 0.1) is 11.8 Å². The first-order chi connectivity index (χ1) is 13.6. The van der Waals surface area contributed by atoms with Crippen molar-refractivity contribution >= 4 is 21.9 Å². The van der Waals surface area contributed by atoms with E-state index in [-0.39, 0.29) is 24.4 Å². The number of hydrogen-bond donors (Lipinski definition) is 0. The molecule has 1 aliphatic rings. The van der Waals surface area contributed by atoms with Crippen molar-refractivity contribution in [3.8, 4) is 17.6 Å². The van der Waals surface area contributed by atoms with Gasteiger partial charge in [-0.25, -0.2) is 0 Å². The molecule has 0 saturated heterocycles. The predicted octanol–water partition coefficient (Wildman–Crippen LogP) is 6.21. The van der Waals surface area contributed by atoms with E-state index in [4.69, 9.17) is 9.47 Å². The molecular weight excluding hydrogens is 416 g/mol. The summed E-state index contributed by atoms with van der Waals surface area (Å²) in [7, 11) is 1.40. The Morgan fingerprint density at radius 3 is 2.57 bits per heavy atom. The number of esters is 1. The van der Waals surface area contributed by atoms with Crippen LogP contribution in [0.25, 0.3) is 0 Å². The van der Waals surface area contributed by atoms with Crippen LogP contribution in [0.3, 0.4) is 0 Å². The smallest absolute Gasteiger partial charge is 0.307 e. The second kappa shape index (κ2) is 10.9. The molecule has 2 unspecified atom stereocenters. The molecule has 0 heterocycles. The molecule has 0 aromatic heterocycles. The fourth-order valence-electron chi connectivity index (χ4n) is 3.28. The quantitative estimate of drug-likeness (QED) is 0.407. The molecule has 0 fully saturated rings. The second-order valence-electron chi connectivity index (χ2n) is 6.28. The SMILES string of the molecule is CC.CC#CC(CC(=O)OC)c1ccc(OC2CCc3ccc(Br)cc32)cc1. The van der Waals surface area contributed by atoms with Crippen molar-refractivity contribution in [3.63, 3.8) is 0 Å². The maximum atomic E-state index is 11.6. The lowest BCUT2D eigenvalue weighted by Gasteiger charge is -2.16. The van der Waals surface area contributed by atoms with Crippen molar-refractivity contribution in [2.45, 2.75) is 52.1 Å². The molecule has 4 heteroatoms. The minimum atomic E-state index is -0.258. The van der Waals surface area contributed by atoms with Crippen LogP contribution in [0.2, 0.25) is 0 Å². The minimum absolute atomic E-state index is 0.0784. The van der Waals surface area contributed by atoms with Gasteiger partial charge in [0.25, 0.3) is 0 Å². The molecular formula is C24H27BrO3. The Morgan fingerprint density at radius 1 is 1.21 bits per heavy atom. The number of aryl methyl sites for hydroxylation is 1. The first kappa shape index (κ1) is 22.0. The van der Waals surface area contributed by atoms with Gasteiger partial charge in [-0.05, 0) is 60.7 Å². The van der Waals surface area contributed by atoms with Gasteiger partial charge in [0.1, 0.15) is 11.9 Å². The molecule has 0 bridgehead atoms. The molecule has 28 heavy (non-hydrogen) atoms. The summed E-state index contributed by atoms with van der Waals surface area (Å²) < 4.78 is 12.0. The summed E-state index contributed by atoms with van der Waals surface area (Å²) in [5.41, 5.74) is 3.60. The molecule has 3 nitrogen and oxygen atoms in total. The van der Waals surface area contributed by atoms with Crippen LogP contribution in [-0.2, 0) is 16.0 Å². The second-order valence-corrected chi connectivity index (χ2v) is 7.20. The van der Waals surface area contributed by atoms with Crippen LogP contribution in [0.1, 0.15) is 62.3 Å². The molecule has 3 rings (SSSR count). The summed E-state index contributed by atoms with van der Waals surface area (Å²) in [4.78, 5) is 11.6. The Hall–Kier alpha value is -2.25. The van der Waals surface area contributed by atoms with Crippen LogP contribution in [0.15, 0.2) is 46.9 Å². The average molecular weight is 443 g/mol. The van der Waals surface area contributed by atoms with Crippen LogP contribution < -0.4 is 4.74 Å². The van der Waals surface area contributed by atoms with Crippen molar-refractivity contribution < 1.29 is 14.3 Å². The fraction of sp³-hybridized carbons (Fsp3) is 0.375. The molecule has 0 radical (unpaired) electrons. The lowest BCUT2D eigenvalue weighted by molar-refractivity contribution is -0.140. The monoisotopic (exact) mass is 442 g/mol. The third-order valence-corrected chi connectivity index (χ3v) is 5.10. The van der Waals surface area contributed by atoms with E-state index in [9.17, 15) is 4.79 Å². The number of fused-ring (bicyclic) bond motifs is 1. The van der Waals surface area contributed by atoms with E-state index in [1.807, 2.05) is 38.1 Å². The van der Waals surface area contributed by atoms with Crippen LogP contribution >= 0.6 is 15.9 Å². The molecule has 0 saturated carbocycles. The third kappa shape index (κ3) is 5.62. The van der Waals surface area contributed by atoms with Gasteiger partial charge in [0.05, 0.1) is 19.4 Å². The van der Waals surface area contributed by atoms with Gasteiger partial charge in [-0.15, -0.1) is 5.92 Å². The summed E-state index contributed by atoms with van der Waals surface area (Å²) in [5, 5.41) is 0. The third-order valence-electron chi connectivity index (χ3n) is 4.61. The summed E-state index contributed by atoms with van der Waals surface area (Å²) in [6, 6.07) is 14.2. The molecule has 0 spiro atoms. The number of carbonyl (C=O) groups excluding carboxylic acids is 1. The first-order valence-electron chi connectivity index (χ1n) is 9.64. The van der Waals surface area contributed by atoms with E-state index in [1.165, 1.54) is 18.2 Å². The number of carbonyl (C=O) groups is 1. The van der Waals surface area contributed by atoms with E-state index in [0.717, 1.165) is 28.6 Å². The van der Waals surface area contributed by atoms with Crippen molar-refractivity contribution in [2.24, 2.45) is 0 Å². The summed E-state index contributed by atoms with van der Waals surface area (Å²) in [6.45, 7) is 5.78. The number of benzene rings is 2. The zero-order valence-corrected chi connectivity index (χ0v) is 18.5. The van der Waals surface area contributed by atoms with Crippen LogP contribution in [-0.4, -0.2) is 13.1 Å². The lowest BCUT2D eigenvalue weighted by atomic mass is 9.96. The zero-order valence-electron chi connectivity index (χ0n) is 16.9. The van der Waals surface area contributed by atoms with Gasteiger partial charge in [-0.2, -0.15) is 0 Å². The van der Waals surface area contributed by atoms with E-state index in [2.05, 4.69) is 46.0 Å². The maximum absolute atomic E-state index is 11.6. The number of methoxy groups -OCH3 is 1. The van der Waals surface area contributed by atoms with E-state index in [0.29, 0.717) is 0 Å². The highest BCUT2D eigenvalue weighted by molar-refractivity contribution is 9.10. The Bertz CT molecular complexity index is 846. The highest BCUT2D eigenvalue weighted by atomic mass is 79.9. The maximum Gasteiger partial charge on any atom is 0.307 e. The van der Waals surface area contributed by atoms with Gasteiger partial charge in [0, 0.05) is 4.47 Å². The molecule has 2 atom stereocenters. The predicted molar refractivity (Wildman–Crippen MR) is 116 cm³/mol. The van der Waals surface area contributed by atoms with Gasteiger partial charge < -0.3 is 9.47 Å². The van der Waals surface area contributed by atoms with Gasteiger partial charge in [0.2, 0.25) is 0 Å². The summed E-state index contributed by atoms with van der Waals surface area (Å²) >= 11 is 3.54. The molecule has 0 aliphatic heterocycles. The van der Waals surface area contributed by atoms with Crippen molar-refractivity contribution in [1.82, 2.24) is 0 Å². The summed E-state index contributed by atoms with van der Waals surface area (Å²) in [6.07, 6.45) is 2.36. The largest absolute Gasteiger partial charge is 0.486 e. The minimum Gasteiger partial charge on any atom is -0.486 e. The van der Waals surface area contributed by atoms with E-state index < -0.39 is 0 Å². The van der Waals surface area contributed by atoms with Crippen molar-refractivity contribution in [3.05, 3.63) is 63.6 Å². The van der Waals surface area contributed by atoms with Gasteiger partial charge in [-0.3, -0.25) is 4.79 Å². The standard InChI is InChI=1S/C22H21BrO3.C2H6/c1-3-4-17(13-22(24)25-2)15-6-10-19(11-7-15)26-21-12-8-16-5-9-18(23)14-20(16)21;1-2/h5-7,9-11,14,17,21H,8,12-13H2,1-2H3;1-2H3. The fourth-order valence-corrected chi connectivity index (χ4v) is 3.66. The highest BCUT2D eigenvalue weighted by Gasteiger charge is 2.24. The van der Waals surface area contributed by atoms with Crippen LogP contribution in [0.4, 0.5) is 0 Å². The topological polar surface area (TPSA) is 35.5 Å². The van der Waals surface area contributed by atoms with Gasteiger partial charge >= 0.3 is 5.97 Å². The lowest BCUT2D eigenvalue weighted by Crippen LogP contribution is -2.08. The zero-order chi connectivity index (χ0) is 20.5. The normalized spacial score (nSPS) is 15.2. The Balaban J connectivity index is 0.00000136. The average Bonchev–Trinajstić information content (AvgIpc) is 3.11. The molecule has 2 aromatic rings. The van der Waals surface area contributed by atoms with Gasteiger partial charge in [0.15, 0.2) is 0 Å². The molecule has 148 valence electrons. The van der Waals surface area contributed by atoms with Crippen molar-refractivity contribution in [1.29, 1.82) is 0 Å². The molecule has 0 amide bonds. The highest BCUT2D eigenvalue weighted by Crippen LogP contribution is 2.36.